The molecular weight excluding hydrogens is 362 g/mol. The van der Waals surface area contributed by atoms with Crippen molar-refractivity contribution in [1.29, 1.82) is 5.26 Å². The summed E-state index contributed by atoms with van der Waals surface area (Å²) in [6.45, 7) is 0.0369. The number of hydrogen-bond donors (Lipinski definition) is 1. The number of halogens is 1. The average Bonchev–Trinajstić information content (AvgIpc) is 3.09. The van der Waals surface area contributed by atoms with Crippen LogP contribution in [0, 0.1) is 11.3 Å². The van der Waals surface area contributed by atoms with E-state index in [-0.39, 0.29) is 16.5 Å². The average molecular weight is 380 g/mol. The molecule has 1 heterocycles. The van der Waals surface area contributed by atoms with Crippen LogP contribution < -0.4 is 4.72 Å². The molecule has 1 N–H and O–H groups in total. The highest BCUT2D eigenvalue weighted by atomic mass is 35.5. The van der Waals surface area contributed by atoms with Crippen LogP contribution in [0.3, 0.4) is 0 Å². The van der Waals surface area contributed by atoms with Crippen molar-refractivity contribution in [3.05, 3.63) is 40.9 Å². The van der Waals surface area contributed by atoms with Crippen LogP contribution in [0.2, 0.25) is 5.02 Å². The maximum atomic E-state index is 12.5. The highest BCUT2D eigenvalue weighted by Gasteiger charge is 2.22. The van der Waals surface area contributed by atoms with Crippen LogP contribution in [0.15, 0.2) is 29.4 Å². The monoisotopic (exact) mass is 379 g/mol. The van der Waals surface area contributed by atoms with Crippen molar-refractivity contribution in [3.8, 4) is 6.07 Å². The predicted molar refractivity (Wildman–Crippen MR) is 92.3 cm³/mol. The third-order valence-electron chi connectivity index (χ3n) is 4.39. The van der Waals surface area contributed by atoms with Gasteiger partial charge in [0.25, 0.3) is 0 Å². The molecule has 1 aliphatic carbocycles. The van der Waals surface area contributed by atoms with E-state index in [4.69, 9.17) is 16.9 Å². The summed E-state index contributed by atoms with van der Waals surface area (Å²) in [5.74, 6) is 0.584. The first-order chi connectivity index (χ1) is 12.0. The first kappa shape index (κ1) is 17.9. The summed E-state index contributed by atoms with van der Waals surface area (Å²) in [5, 5.41) is 16.8. The van der Waals surface area contributed by atoms with Gasteiger partial charge in [0.15, 0.2) is 0 Å². The van der Waals surface area contributed by atoms with Gasteiger partial charge in [-0.25, -0.2) is 13.1 Å². The normalized spacial score (nSPS) is 15.8. The van der Waals surface area contributed by atoms with Crippen molar-refractivity contribution in [1.82, 2.24) is 19.5 Å². The second-order valence-electron chi connectivity index (χ2n) is 6.03. The summed E-state index contributed by atoms with van der Waals surface area (Å²) in [6.07, 6.45) is 7.33. The molecule has 1 aromatic heterocycles. The maximum absolute atomic E-state index is 12.5. The zero-order valence-corrected chi connectivity index (χ0v) is 15.1. The van der Waals surface area contributed by atoms with E-state index >= 15 is 0 Å². The summed E-state index contributed by atoms with van der Waals surface area (Å²) in [5.41, 5.74) is 0.306. The Labute approximate surface area is 151 Å². The van der Waals surface area contributed by atoms with Crippen LogP contribution >= 0.6 is 11.6 Å². The number of nitriles is 1. The fourth-order valence-corrected chi connectivity index (χ4v) is 4.61. The lowest BCUT2D eigenvalue weighted by Crippen LogP contribution is -2.26. The molecule has 3 rings (SSSR count). The number of hydrogen-bond acceptors (Lipinski definition) is 5. The zero-order valence-electron chi connectivity index (χ0n) is 13.5. The van der Waals surface area contributed by atoms with Crippen LogP contribution in [-0.4, -0.2) is 23.2 Å². The van der Waals surface area contributed by atoms with Crippen LogP contribution in [0.1, 0.15) is 49.5 Å². The Balaban J connectivity index is 1.75. The highest BCUT2D eigenvalue weighted by molar-refractivity contribution is 7.89. The molecule has 1 aliphatic rings. The zero-order chi connectivity index (χ0) is 17.9. The fraction of sp³-hybridized carbons (Fsp3) is 0.438. The Kier molecular flexibility index (Phi) is 5.37. The quantitative estimate of drug-likeness (QED) is 0.860. The lowest BCUT2D eigenvalue weighted by Gasteiger charge is -2.24. The third-order valence-corrected chi connectivity index (χ3v) is 6.27. The molecular formula is C16H18ClN5O2S. The van der Waals surface area contributed by atoms with Crippen molar-refractivity contribution in [2.45, 2.75) is 49.6 Å². The summed E-state index contributed by atoms with van der Waals surface area (Å²) in [6, 6.07) is 6.33. The number of sulfonamides is 1. The molecule has 0 amide bonds. The van der Waals surface area contributed by atoms with E-state index in [2.05, 4.69) is 14.9 Å². The molecule has 25 heavy (non-hydrogen) atoms. The minimum Gasteiger partial charge on any atom is -0.313 e. The van der Waals surface area contributed by atoms with Gasteiger partial charge in [0.2, 0.25) is 10.0 Å². The van der Waals surface area contributed by atoms with Gasteiger partial charge >= 0.3 is 0 Å². The predicted octanol–water partition coefficient (Wildman–Crippen LogP) is 2.79. The van der Waals surface area contributed by atoms with Crippen LogP contribution in [0.4, 0.5) is 0 Å². The molecule has 1 saturated carbocycles. The second kappa shape index (κ2) is 7.52. The highest BCUT2D eigenvalue weighted by Crippen LogP contribution is 2.28. The lowest BCUT2D eigenvalue weighted by atomic mass is 9.95. The molecule has 0 saturated heterocycles. The molecule has 0 spiro atoms. The van der Waals surface area contributed by atoms with Crippen LogP contribution in [0.25, 0.3) is 0 Å². The number of rotatable bonds is 5. The molecule has 1 aromatic carbocycles. The number of nitrogens with one attached hydrogen (secondary N) is 1. The number of benzene rings is 1. The third kappa shape index (κ3) is 4.00. The Morgan fingerprint density at radius 2 is 2.08 bits per heavy atom. The molecule has 0 aliphatic heterocycles. The van der Waals surface area contributed by atoms with E-state index in [1.165, 1.54) is 24.6 Å². The Morgan fingerprint density at radius 3 is 2.76 bits per heavy atom. The van der Waals surface area contributed by atoms with Crippen molar-refractivity contribution in [2.24, 2.45) is 0 Å². The molecule has 7 nitrogen and oxygen atoms in total. The largest absolute Gasteiger partial charge is 0.313 e. The van der Waals surface area contributed by atoms with Gasteiger partial charge in [-0.1, -0.05) is 30.9 Å². The fourth-order valence-electron chi connectivity index (χ4n) is 3.08. The number of nitrogens with zero attached hydrogens (tertiary/aromatic N) is 4. The summed E-state index contributed by atoms with van der Waals surface area (Å²) < 4.78 is 29.5. The van der Waals surface area contributed by atoms with E-state index in [1.54, 1.807) is 6.33 Å². The van der Waals surface area contributed by atoms with Gasteiger partial charge in [-0.05, 0) is 31.0 Å². The molecule has 0 bridgehead atoms. The van der Waals surface area contributed by atoms with E-state index < -0.39 is 10.0 Å². The standard InChI is InChI=1S/C16H18ClN5O2S/c17-14-8-12(9-18)6-7-15(14)25(23,24)20-10-16-21-19-11-22(16)13-4-2-1-3-5-13/h6-8,11,13,20H,1-5,10H2. The maximum Gasteiger partial charge on any atom is 0.242 e. The molecule has 0 unspecified atom stereocenters. The van der Waals surface area contributed by atoms with Crippen molar-refractivity contribution in [2.75, 3.05) is 0 Å². The lowest BCUT2D eigenvalue weighted by molar-refractivity contribution is 0.344. The minimum atomic E-state index is -3.81. The Bertz CT molecular complexity index is 897. The molecule has 9 heteroatoms. The van der Waals surface area contributed by atoms with Crippen molar-refractivity contribution in [3.63, 3.8) is 0 Å². The SMILES string of the molecule is N#Cc1ccc(S(=O)(=O)NCc2nncn2C2CCCCC2)c(Cl)c1. The van der Waals surface area contributed by atoms with E-state index in [0.29, 0.717) is 17.4 Å². The minimum absolute atomic E-state index is 0.0142. The summed E-state index contributed by atoms with van der Waals surface area (Å²) in [7, 11) is -3.81. The van der Waals surface area contributed by atoms with Gasteiger partial charge in [-0.2, -0.15) is 5.26 Å². The van der Waals surface area contributed by atoms with Gasteiger partial charge in [-0.15, -0.1) is 10.2 Å². The molecule has 1 fully saturated rings. The van der Waals surface area contributed by atoms with E-state index in [0.717, 1.165) is 25.7 Å². The summed E-state index contributed by atoms with van der Waals surface area (Å²) >= 11 is 6.00. The Morgan fingerprint density at radius 1 is 1.32 bits per heavy atom. The topological polar surface area (TPSA) is 101 Å². The molecule has 132 valence electrons. The van der Waals surface area contributed by atoms with Crippen molar-refractivity contribution < 1.29 is 8.42 Å². The van der Waals surface area contributed by atoms with Crippen molar-refractivity contribution >= 4 is 21.6 Å². The second-order valence-corrected chi connectivity index (χ2v) is 8.17. The first-order valence-corrected chi connectivity index (χ1v) is 9.95. The van der Waals surface area contributed by atoms with Gasteiger partial charge in [0, 0.05) is 6.04 Å². The molecule has 0 atom stereocenters. The smallest absolute Gasteiger partial charge is 0.242 e. The summed E-state index contributed by atoms with van der Waals surface area (Å²) in [4.78, 5) is -0.0584. The van der Waals surface area contributed by atoms with Gasteiger partial charge in [0.1, 0.15) is 17.0 Å². The first-order valence-electron chi connectivity index (χ1n) is 8.09. The van der Waals surface area contributed by atoms with E-state index in [9.17, 15) is 8.42 Å². The molecule has 2 aromatic rings. The molecule has 0 radical (unpaired) electrons. The van der Waals surface area contributed by atoms with Crippen LogP contribution in [-0.2, 0) is 16.6 Å². The van der Waals surface area contributed by atoms with Gasteiger partial charge < -0.3 is 4.57 Å². The van der Waals surface area contributed by atoms with Gasteiger partial charge in [0.05, 0.1) is 23.2 Å². The Hall–Kier alpha value is -1.95. The van der Waals surface area contributed by atoms with Gasteiger partial charge in [-0.3, -0.25) is 0 Å². The van der Waals surface area contributed by atoms with Crippen LogP contribution in [0.5, 0.6) is 0 Å². The number of aromatic nitrogens is 3. The van der Waals surface area contributed by atoms with E-state index in [1.807, 2.05) is 10.6 Å².